The van der Waals surface area contributed by atoms with E-state index in [0.29, 0.717) is 18.5 Å². The molecule has 1 amide bonds. The van der Waals surface area contributed by atoms with Crippen LogP contribution < -0.4 is 5.32 Å². The number of nitrogens with zero attached hydrogens (tertiary/aromatic N) is 4. The third-order valence-electron chi connectivity index (χ3n) is 4.26. The summed E-state index contributed by atoms with van der Waals surface area (Å²) >= 11 is 2.96. The van der Waals surface area contributed by atoms with Gasteiger partial charge in [-0.3, -0.25) is 9.48 Å². The van der Waals surface area contributed by atoms with Crippen LogP contribution in [0.25, 0.3) is 0 Å². The highest BCUT2D eigenvalue weighted by atomic mass is 79.9. The first kappa shape index (κ1) is 22.6. The smallest absolute Gasteiger partial charge is 0.350 e. The van der Waals surface area contributed by atoms with Crippen LogP contribution in [0.3, 0.4) is 0 Å². The van der Waals surface area contributed by atoms with Crippen molar-refractivity contribution in [2.45, 2.75) is 50.8 Å². The van der Waals surface area contributed by atoms with E-state index in [1.807, 2.05) is 0 Å². The largest absolute Gasteiger partial charge is 0.436 e. The molecule has 1 unspecified atom stereocenters. The Hall–Kier alpha value is -2.09. The molecule has 2 aromatic rings. The van der Waals surface area contributed by atoms with Crippen molar-refractivity contribution in [1.29, 1.82) is 0 Å². The maximum Gasteiger partial charge on any atom is 0.436 e. The summed E-state index contributed by atoms with van der Waals surface area (Å²) in [6, 6.07) is -1.07. The molecule has 1 saturated carbocycles. The Kier molecular flexibility index (Phi) is 6.18. The number of alkyl halides is 6. The lowest BCUT2D eigenvalue weighted by atomic mass is 10.2. The van der Waals surface area contributed by atoms with E-state index in [1.165, 1.54) is 19.3 Å². The summed E-state index contributed by atoms with van der Waals surface area (Å²) in [5.74, 6) is -0.775. The van der Waals surface area contributed by atoms with E-state index in [2.05, 4.69) is 36.2 Å². The Bertz CT molecular complexity index is 918. The molecule has 1 N–H and O–H groups in total. The van der Waals surface area contributed by atoms with Crippen LogP contribution in [0.1, 0.15) is 43.1 Å². The first-order valence-corrected chi connectivity index (χ1v) is 9.49. The summed E-state index contributed by atoms with van der Waals surface area (Å²) in [6.07, 6.45) is -5.35. The number of rotatable bonds is 7. The quantitative estimate of drug-likeness (QED) is 0.565. The van der Waals surface area contributed by atoms with Gasteiger partial charge in [-0.25, -0.2) is 4.68 Å². The van der Waals surface area contributed by atoms with Crippen molar-refractivity contribution < 1.29 is 35.9 Å². The molecule has 1 fully saturated rings. The summed E-state index contributed by atoms with van der Waals surface area (Å²) in [5, 5.41) is 9.83. The number of amides is 1. The van der Waals surface area contributed by atoms with E-state index in [1.54, 1.807) is 0 Å². The average molecular weight is 504 g/mol. The lowest BCUT2D eigenvalue weighted by Crippen LogP contribution is -2.26. The van der Waals surface area contributed by atoms with Gasteiger partial charge < -0.3 is 10.1 Å². The second-order valence-electron chi connectivity index (χ2n) is 6.79. The first-order valence-electron chi connectivity index (χ1n) is 8.69. The van der Waals surface area contributed by atoms with Gasteiger partial charge in [0.25, 0.3) is 0 Å². The van der Waals surface area contributed by atoms with Crippen LogP contribution in [0.5, 0.6) is 0 Å². The van der Waals surface area contributed by atoms with Gasteiger partial charge in [-0.15, -0.1) is 0 Å². The molecule has 0 aromatic carbocycles. The number of hydrogen-bond acceptors (Lipinski definition) is 4. The zero-order chi connectivity index (χ0) is 22.3. The highest BCUT2D eigenvalue weighted by Crippen LogP contribution is 2.47. The van der Waals surface area contributed by atoms with E-state index >= 15 is 0 Å². The Morgan fingerprint density at radius 2 is 2.00 bits per heavy atom. The van der Waals surface area contributed by atoms with E-state index in [9.17, 15) is 31.1 Å². The molecular formula is C16H16BrF6N5O2. The summed E-state index contributed by atoms with van der Waals surface area (Å²) in [7, 11) is 0. The van der Waals surface area contributed by atoms with Crippen LogP contribution in [0.4, 0.5) is 32.0 Å². The second kappa shape index (κ2) is 8.21. The molecule has 2 aromatic heterocycles. The predicted molar refractivity (Wildman–Crippen MR) is 94.5 cm³/mol. The minimum absolute atomic E-state index is 0.119. The molecule has 2 heterocycles. The Labute approximate surface area is 174 Å². The van der Waals surface area contributed by atoms with Gasteiger partial charge in [-0.05, 0) is 35.7 Å². The normalized spacial score (nSPS) is 16.0. The van der Waals surface area contributed by atoms with Crippen molar-refractivity contribution >= 4 is 27.5 Å². The molecule has 0 aliphatic heterocycles. The van der Waals surface area contributed by atoms with Crippen LogP contribution >= 0.6 is 15.9 Å². The lowest BCUT2D eigenvalue weighted by Gasteiger charge is -2.15. The van der Waals surface area contributed by atoms with Gasteiger partial charge >= 0.3 is 12.4 Å². The summed E-state index contributed by atoms with van der Waals surface area (Å²) in [5.41, 5.74) is -0.641. The molecule has 166 valence electrons. The molecule has 0 spiro atoms. The van der Waals surface area contributed by atoms with Crippen molar-refractivity contribution in [2.24, 2.45) is 0 Å². The van der Waals surface area contributed by atoms with Crippen LogP contribution in [-0.2, 0) is 22.4 Å². The Balaban J connectivity index is 1.70. The van der Waals surface area contributed by atoms with Gasteiger partial charge in [0.2, 0.25) is 5.91 Å². The van der Waals surface area contributed by atoms with E-state index < -0.39 is 43.3 Å². The van der Waals surface area contributed by atoms with Crippen molar-refractivity contribution in [3.8, 4) is 0 Å². The Morgan fingerprint density at radius 1 is 1.33 bits per heavy atom. The highest BCUT2D eigenvalue weighted by Gasteiger charge is 2.43. The number of aromatic nitrogens is 4. The maximum atomic E-state index is 13.2. The summed E-state index contributed by atoms with van der Waals surface area (Å²) in [6.45, 7) is -0.541. The molecule has 0 saturated heterocycles. The zero-order valence-corrected chi connectivity index (χ0v) is 17.0. The number of carbonyl (C=O) groups is 1. The molecule has 0 bridgehead atoms. The predicted octanol–water partition coefficient (Wildman–Crippen LogP) is 4.47. The Morgan fingerprint density at radius 3 is 2.57 bits per heavy atom. The van der Waals surface area contributed by atoms with Gasteiger partial charge in [0.15, 0.2) is 5.69 Å². The van der Waals surface area contributed by atoms with E-state index in [4.69, 9.17) is 0 Å². The van der Waals surface area contributed by atoms with Gasteiger partial charge in [0, 0.05) is 5.92 Å². The second-order valence-corrected chi connectivity index (χ2v) is 7.58. The van der Waals surface area contributed by atoms with Crippen molar-refractivity contribution in [2.75, 3.05) is 11.9 Å². The minimum atomic E-state index is -4.68. The van der Waals surface area contributed by atoms with Crippen LogP contribution in [0, 0.1) is 0 Å². The minimum Gasteiger partial charge on any atom is -0.350 e. The third-order valence-corrected chi connectivity index (χ3v) is 5.04. The molecule has 3 rings (SSSR count). The average Bonchev–Trinajstić information content (AvgIpc) is 3.24. The monoisotopic (exact) mass is 503 g/mol. The molecule has 1 aliphatic rings. The van der Waals surface area contributed by atoms with Crippen LogP contribution in [-0.4, -0.2) is 38.3 Å². The fraction of sp³-hybridized carbons (Fsp3) is 0.562. The van der Waals surface area contributed by atoms with Gasteiger partial charge in [0.05, 0.1) is 28.2 Å². The number of hydrogen-bond donors (Lipinski definition) is 1. The topological polar surface area (TPSA) is 74.0 Å². The van der Waals surface area contributed by atoms with Crippen molar-refractivity contribution in [1.82, 2.24) is 19.6 Å². The number of nitrogens with one attached hydrogen (secondary N) is 1. The van der Waals surface area contributed by atoms with Gasteiger partial charge in [0.1, 0.15) is 19.4 Å². The van der Waals surface area contributed by atoms with Crippen LogP contribution in [0.2, 0.25) is 0 Å². The van der Waals surface area contributed by atoms with Crippen LogP contribution in [0.15, 0.2) is 16.9 Å². The summed E-state index contributed by atoms with van der Waals surface area (Å²) < 4.78 is 82.3. The fourth-order valence-electron chi connectivity index (χ4n) is 2.74. The van der Waals surface area contributed by atoms with Crippen molar-refractivity contribution in [3.05, 3.63) is 28.3 Å². The fourth-order valence-corrected chi connectivity index (χ4v) is 3.55. The standard InChI is InChI=1S/C16H16BrF6N5O2/c1-8(28-12(9-2-3-9)11(17)13(26-28)16(21,22)23)14(29)25-10-4-24-27(5-10)7-30-6-15(18,19)20/h4-5,8-9H,2-3,6-7H2,1H3,(H,25,29). The van der Waals surface area contributed by atoms with Crippen molar-refractivity contribution in [3.63, 3.8) is 0 Å². The van der Waals surface area contributed by atoms with E-state index in [0.717, 1.165) is 9.36 Å². The molecule has 30 heavy (non-hydrogen) atoms. The number of anilines is 1. The molecule has 1 aliphatic carbocycles. The number of carbonyl (C=O) groups excluding carboxylic acids is 1. The summed E-state index contributed by atoms with van der Waals surface area (Å²) in [4.78, 5) is 12.5. The number of halogens is 7. The molecule has 7 nitrogen and oxygen atoms in total. The maximum absolute atomic E-state index is 13.2. The first-order chi connectivity index (χ1) is 13.9. The van der Waals surface area contributed by atoms with Gasteiger partial charge in [-0.1, -0.05) is 0 Å². The highest BCUT2D eigenvalue weighted by molar-refractivity contribution is 9.10. The molecule has 0 radical (unpaired) electrons. The zero-order valence-electron chi connectivity index (χ0n) is 15.4. The molecule has 1 atom stereocenters. The van der Waals surface area contributed by atoms with Gasteiger partial charge in [-0.2, -0.15) is 36.5 Å². The van der Waals surface area contributed by atoms with E-state index in [-0.39, 0.29) is 16.1 Å². The SMILES string of the molecule is CC(C(=O)Nc1cnn(COCC(F)(F)F)c1)n1nc(C(F)(F)F)c(Br)c1C1CC1. The molecule has 14 heteroatoms. The third kappa shape index (κ3) is 5.33. The molecular weight excluding hydrogens is 488 g/mol. The number of ether oxygens (including phenoxy) is 1. The lowest BCUT2D eigenvalue weighted by molar-refractivity contribution is -0.182.